The molecule has 1 N–H and O–H groups in total. The topological polar surface area (TPSA) is 21.3 Å². The summed E-state index contributed by atoms with van der Waals surface area (Å²) in [6.45, 7) is 13.4. The Morgan fingerprint density at radius 1 is 1.25 bits per heavy atom. The molecule has 0 bridgehead atoms. The van der Waals surface area contributed by atoms with Gasteiger partial charge in [-0.15, -0.1) is 0 Å². The van der Waals surface area contributed by atoms with E-state index >= 15 is 0 Å². The van der Waals surface area contributed by atoms with Crippen LogP contribution in [0.3, 0.4) is 0 Å². The normalized spacial score (nSPS) is 24.2. The lowest BCUT2D eigenvalue weighted by molar-refractivity contribution is 0.0392. The maximum Gasteiger partial charge on any atom is 0.0625 e. The fraction of sp³-hybridized carbons (Fsp3) is 1.00. The van der Waals surface area contributed by atoms with Crippen LogP contribution in [0.1, 0.15) is 34.6 Å². The summed E-state index contributed by atoms with van der Waals surface area (Å²) in [6, 6.07) is 0.529. The number of ether oxygens (including phenoxy) is 1. The molecule has 1 aliphatic heterocycles. The van der Waals surface area contributed by atoms with Crippen molar-refractivity contribution in [1.82, 2.24) is 5.32 Å². The molecule has 0 aromatic carbocycles. The van der Waals surface area contributed by atoms with Crippen LogP contribution in [0.15, 0.2) is 0 Å². The Morgan fingerprint density at radius 2 is 1.83 bits per heavy atom. The quantitative estimate of drug-likeness (QED) is 0.605. The van der Waals surface area contributed by atoms with E-state index in [1.165, 1.54) is 0 Å². The van der Waals surface area contributed by atoms with Crippen LogP contribution in [0, 0.1) is 5.41 Å². The number of morpholine rings is 1. The first-order valence-electron chi connectivity index (χ1n) is 4.92. The summed E-state index contributed by atoms with van der Waals surface area (Å²) in [5.41, 5.74) is 0.334. The SMILES string of the molecule is CC.CC(C)(C)C1COCCN1. The maximum atomic E-state index is 5.35. The van der Waals surface area contributed by atoms with Crippen LogP contribution in [0.4, 0.5) is 0 Å². The van der Waals surface area contributed by atoms with E-state index in [2.05, 4.69) is 26.1 Å². The van der Waals surface area contributed by atoms with E-state index in [-0.39, 0.29) is 0 Å². The van der Waals surface area contributed by atoms with Crippen LogP contribution in [0.25, 0.3) is 0 Å². The minimum Gasteiger partial charge on any atom is -0.378 e. The Hall–Kier alpha value is -0.0800. The lowest BCUT2D eigenvalue weighted by Gasteiger charge is -2.34. The molecule has 1 fully saturated rings. The van der Waals surface area contributed by atoms with Gasteiger partial charge in [-0.1, -0.05) is 34.6 Å². The summed E-state index contributed by atoms with van der Waals surface area (Å²) in [5.74, 6) is 0. The molecule has 1 atom stereocenters. The lowest BCUT2D eigenvalue weighted by Crippen LogP contribution is -2.48. The van der Waals surface area contributed by atoms with Gasteiger partial charge in [0.25, 0.3) is 0 Å². The summed E-state index contributed by atoms with van der Waals surface area (Å²) in [4.78, 5) is 0. The Morgan fingerprint density at radius 3 is 2.08 bits per heavy atom. The Bertz CT molecular complexity index is 101. The summed E-state index contributed by atoms with van der Waals surface area (Å²) < 4.78 is 5.35. The third-order valence-electron chi connectivity index (χ3n) is 1.97. The second kappa shape index (κ2) is 5.55. The summed E-state index contributed by atoms with van der Waals surface area (Å²) in [5, 5.41) is 3.43. The smallest absolute Gasteiger partial charge is 0.0625 e. The first-order chi connectivity index (χ1) is 5.61. The predicted octanol–water partition coefficient (Wildman–Crippen LogP) is 2.05. The monoisotopic (exact) mass is 173 g/mol. The van der Waals surface area contributed by atoms with Crippen molar-refractivity contribution >= 4 is 0 Å². The van der Waals surface area contributed by atoms with Gasteiger partial charge in [0.2, 0.25) is 0 Å². The highest BCUT2D eigenvalue weighted by Crippen LogP contribution is 2.20. The zero-order valence-corrected chi connectivity index (χ0v) is 9.11. The molecule has 0 amide bonds. The van der Waals surface area contributed by atoms with Gasteiger partial charge < -0.3 is 10.1 Å². The average molecular weight is 173 g/mol. The zero-order chi connectivity index (χ0) is 9.61. The molecule has 1 heterocycles. The largest absolute Gasteiger partial charge is 0.378 e. The van der Waals surface area contributed by atoms with Gasteiger partial charge in [-0.05, 0) is 5.41 Å². The molecule has 0 radical (unpaired) electrons. The predicted molar refractivity (Wildman–Crippen MR) is 53.4 cm³/mol. The molecule has 1 aliphatic rings. The molecule has 2 heteroatoms. The van der Waals surface area contributed by atoms with Gasteiger partial charge >= 0.3 is 0 Å². The van der Waals surface area contributed by atoms with Crippen LogP contribution in [-0.2, 0) is 4.74 Å². The first kappa shape index (κ1) is 11.9. The van der Waals surface area contributed by atoms with Crippen molar-refractivity contribution in [1.29, 1.82) is 0 Å². The Labute approximate surface area is 76.7 Å². The second-order valence-electron chi connectivity index (χ2n) is 3.95. The summed E-state index contributed by atoms with van der Waals surface area (Å²) >= 11 is 0. The molecule has 74 valence electrons. The van der Waals surface area contributed by atoms with Crippen molar-refractivity contribution < 1.29 is 4.74 Å². The standard InChI is InChI=1S/C8H17NO.C2H6/c1-8(2,3)7-6-10-5-4-9-7;1-2/h7,9H,4-6H2,1-3H3;1-2H3. The van der Waals surface area contributed by atoms with E-state index in [0.29, 0.717) is 11.5 Å². The number of hydrogen-bond acceptors (Lipinski definition) is 2. The van der Waals surface area contributed by atoms with Crippen LogP contribution in [-0.4, -0.2) is 25.8 Å². The van der Waals surface area contributed by atoms with E-state index in [4.69, 9.17) is 4.74 Å². The van der Waals surface area contributed by atoms with E-state index in [0.717, 1.165) is 19.8 Å². The molecule has 1 saturated heterocycles. The van der Waals surface area contributed by atoms with Crippen LogP contribution in [0.2, 0.25) is 0 Å². The minimum atomic E-state index is 0.334. The highest BCUT2D eigenvalue weighted by molar-refractivity contribution is 4.81. The number of rotatable bonds is 0. The van der Waals surface area contributed by atoms with Gasteiger partial charge in [0.15, 0.2) is 0 Å². The fourth-order valence-electron chi connectivity index (χ4n) is 1.12. The zero-order valence-electron chi connectivity index (χ0n) is 9.11. The van der Waals surface area contributed by atoms with Gasteiger partial charge in [0.1, 0.15) is 0 Å². The molecule has 0 aromatic rings. The number of hydrogen-bond donors (Lipinski definition) is 1. The lowest BCUT2D eigenvalue weighted by atomic mass is 9.87. The number of nitrogens with one attached hydrogen (secondary N) is 1. The van der Waals surface area contributed by atoms with E-state index in [1.807, 2.05) is 13.8 Å². The summed E-state index contributed by atoms with van der Waals surface area (Å²) in [7, 11) is 0. The first-order valence-corrected chi connectivity index (χ1v) is 4.92. The van der Waals surface area contributed by atoms with Crippen molar-refractivity contribution in [3.8, 4) is 0 Å². The van der Waals surface area contributed by atoms with Crippen molar-refractivity contribution in [2.75, 3.05) is 19.8 Å². The van der Waals surface area contributed by atoms with Gasteiger partial charge in [-0.3, -0.25) is 0 Å². The van der Waals surface area contributed by atoms with Crippen LogP contribution < -0.4 is 5.32 Å². The Balaban J connectivity index is 0.000000561. The molecular weight excluding hydrogens is 150 g/mol. The molecule has 12 heavy (non-hydrogen) atoms. The third-order valence-corrected chi connectivity index (χ3v) is 1.97. The van der Waals surface area contributed by atoms with Gasteiger partial charge in [0.05, 0.1) is 13.2 Å². The molecule has 0 aliphatic carbocycles. The van der Waals surface area contributed by atoms with Crippen molar-refractivity contribution in [3.05, 3.63) is 0 Å². The summed E-state index contributed by atoms with van der Waals surface area (Å²) in [6.07, 6.45) is 0. The average Bonchev–Trinajstić information content (AvgIpc) is 2.08. The molecule has 0 saturated carbocycles. The maximum absolute atomic E-state index is 5.35. The Kier molecular flexibility index (Phi) is 5.51. The fourth-order valence-corrected chi connectivity index (χ4v) is 1.12. The van der Waals surface area contributed by atoms with Gasteiger partial charge in [-0.2, -0.15) is 0 Å². The molecule has 1 rings (SSSR count). The molecule has 1 unspecified atom stereocenters. The molecule has 0 aromatic heterocycles. The van der Waals surface area contributed by atoms with Crippen molar-refractivity contribution in [2.45, 2.75) is 40.7 Å². The van der Waals surface area contributed by atoms with E-state index in [9.17, 15) is 0 Å². The van der Waals surface area contributed by atoms with Gasteiger partial charge in [0, 0.05) is 12.6 Å². The highest BCUT2D eigenvalue weighted by atomic mass is 16.5. The molecule has 0 spiro atoms. The van der Waals surface area contributed by atoms with Crippen LogP contribution >= 0.6 is 0 Å². The minimum absolute atomic E-state index is 0.334. The van der Waals surface area contributed by atoms with Gasteiger partial charge in [-0.25, -0.2) is 0 Å². The third kappa shape index (κ3) is 4.07. The van der Waals surface area contributed by atoms with Crippen LogP contribution in [0.5, 0.6) is 0 Å². The molecule has 2 nitrogen and oxygen atoms in total. The highest BCUT2D eigenvalue weighted by Gasteiger charge is 2.25. The van der Waals surface area contributed by atoms with E-state index in [1.54, 1.807) is 0 Å². The molecular formula is C10H23NO. The van der Waals surface area contributed by atoms with E-state index < -0.39 is 0 Å². The van der Waals surface area contributed by atoms with Crippen molar-refractivity contribution in [2.24, 2.45) is 5.41 Å². The second-order valence-corrected chi connectivity index (χ2v) is 3.95. The van der Waals surface area contributed by atoms with Crippen molar-refractivity contribution in [3.63, 3.8) is 0 Å².